The van der Waals surface area contributed by atoms with Crippen LogP contribution >= 0.6 is 0 Å². The maximum absolute atomic E-state index is 12.8. The maximum atomic E-state index is 12.8. The van der Waals surface area contributed by atoms with Crippen LogP contribution in [0.4, 0.5) is 11.5 Å². The van der Waals surface area contributed by atoms with Gasteiger partial charge in [0.25, 0.3) is 5.91 Å². The van der Waals surface area contributed by atoms with Gasteiger partial charge in [-0.2, -0.15) is 9.78 Å². The number of hydrazone groups is 1. The Balaban J connectivity index is 1.62. The third-order valence-electron chi connectivity index (χ3n) is 4.44. The Morgan fingerprint density at radius 2 is 1.87 bits per heavy atom. The van der Waals surface area contributed by atoms with Gasteiger partial charge in [-0.05, 0) is 28.0 Å². The van der Waals surface area contributed by atoms with Crippen molar-refractivity contribution in [2.24, 2.45) is 5.10 Å². The number of nitrogens with one attached hydrogen (secondary N) is 1. The lowest BCUT2D eigenvalue weighted by atomic mass is 10.2. The number of nitrogen functional groups attached to an aromatic ring is 1. The molecule has 0 aliphatic rings. The number of nitrogens with zero attached hydrogens (tertiary/aromatic N) is 7. The highest BCUT2D eigenvalue weighted by atomic mass is 16.6. The normalized spacial score (nSPS) is 11.0. The first kappa shape index (κ1) is 19.8. The topological polar surface area (TPSA) is 140 Å². The predicted molar refractivity (Wildman–Crippen MR) is 114 cm³/mol. The maximum Gasteiger partial charge on any atom is 0.293 e. The number of aromatic nitrogens is 5. The molecule has 11 heteroatoms. The summed E-state index contributed by atoms with van der Waals surface area (Å²) < 4.78 is 6.01. The van der Waals surface area contributed by atoms with Crippen molar-refractivity contribution in [3.8, 4) is 5.82 Å². The quantitative estimate of drug-likeness (QED) is 0.341. The molecule has 11 nitrogen and oxygen atoms in total. The number of carbonyl (C=O) groups excluding carboxylic acids is 1. The van der Waals surface area contributed by atoms with Gasteiger partial charge >= 0.3 is 0 Å². The second-order valence-electron chi connectivity index (χ2n) is 6.57. The number of amides is 1. The van der Waals surface area contributed by atoms with E-state index in [0.29, 0.717) is 5.69 Å². The number of hydrogen-bond acceptors (Lipinski definition) is 9. The van der Waals surface area contributed by atoms with E-state index >= 15 is 0 Å². The Labute approximate surface area is 177 Å². The number of benzene rings is 2. The Bertz CT molecular complexity index is 1190. The number of anilines is 2. The largest absolute Gasteiger partial charge is 0.378 e. The lowest BCUT2D eigenvalue weighted by molar-refractivity contribution is 0.0949. The zero-order valence-corrected chi connectivity index (χ0v) is 16.6. The van der Waals surface area contributed by atoms with Gasteiger partial charge in [-0.25, -0.2) is 10.1 Å². The lowest BCUT2D eigenvalue weighted by Crippen LogP contribution is -2.24. The molecule has 3 N–H and O–H groups in total. The van der Waals surface area contributed by atoms with Crippen LogP contribution in [-0.4, -0.2) is 44.5 Å². The third kappa shape index (κ3) is 4.40. The van der Waals surface area contributed by atoms with Crippen LogP contribution in [-0.2, 0) is 6.54 Å². The van der Waals surface area contributed by atoms with Crippen molar-refractivity contribution in [2.45, 2.75) is 6.54 Å². The van der Waals surface area contributed by atoms with E-state index in [9.17, 15) is 4.79 Å². The standard InChI is InChI=1S/C20H19N9O2/c1-28(15-10-6-3-7-11-15)13-16-17(23-27-29(16)19-18(21)25-31-26-19)20(30)24-22-12-14-8-4-2-5-9-14/h2-12H,13H2,1H3,(H2,21,25)(H,24,30)/b22-12-. The molecule has 156 valence electrons. The van der Waals surface area contributed by atoms with Crippen molar-refractivity contribution in [2.75, 3.05) is 17.7 Å². The van der Waals surface area contributed by atoms with E-state index in [1.54, 1.807) is 0 Å². The average Bonchev–Trinajstić information content (AvgIpc) is 3.40. The Morgan fingerprint density at radius 3 is 2.55 bits per heavy atom. The van der Waals surface area contributed by atoms with Crippen LogP contribution in [0.1, 0.15) is 21.7 Å². The molecule has 0 radical (unpaired) electrons. The summed E-state index contributed by atoms with van der Waals surface area (Å²) in [5, 5.41) is 19.4. The smallest absolute Gasteiger partial charge is 0.293 e. The summed E-state index contributed by atoms with van der Waals surface area (Å²) in [5.41, 5.74) is 10.6. The van der Waals surface area contributed by atoms with Crippen molar-refractivity contribution in [1.82, 2.24) is 30.7 Å². The summed E-state index contributed by atoms with van der Waals surface area (Å²) >= 11 is 0. The molecule has 2 heterocycles. The van der Waals surface area contributed by atoms with E-state index in [2.05, 4.69) is 35.8 Å². The van der Waals surface area contributed by atoms with Gasteiger partial charge in [0.2, 0.25) is 11.6 Å². The molecule has 2 aromatic heterocycles. The van der Waals surface area contributed by atoms with E-state index in [4.69, 9.17) is 5.73 Å². The van der Waals surface area contributed by atoms with Gasteiger partial charge in [0, 0.05) is 12.7 Å². The average molecular weight is 417 g/mol. The molecular weight excluding hydrogens is 398 g/mol. The number of carbonyl (C=O) groups is 1. The first-order valence-corrected chi connectivity index (χ1v) is 9.31. The van der Waals surface area contributed by atoms with Crippen molar-refractivity contribution < 1.29 is 9.42 Å². The molecule has 31 heavy (non-hydrogen) atoms. The number of nitrogens with two attached hydrogens (primary N) is 1. The van der Waals surface area contributed by atoms with Gasteiger partial charge in [0.1, 0.15) is 0 Å². The van der Waals surface area contributed by atoms with Gasteiger partial charge in [-0.15, -0.1) is 5.10 Å². The Kier molecular flexibility index (Phi) is 5.65. The third-order valence-corrected chi connectivity index (χ3v) is 4.44. The van der Waals surface area contributed by atoms with Gasteiger partial charge in [0.05, 0.1) is 18.5 Å². The first-order valence-electron chi connectivity index (χ1n) is 9.31. The summed E-state index contributed by atoms with van der Waals surface area (Å²) in [6.07, 6.45) is 1.54. The minimum absolute atomic E-state index is 0.0302. The molecule has 0 saturated heterocycles. The number of rotatable bonds is 7. The second kappa shape index (κ2) is 8.86. The molecular formula is C20H19N9O2. The van der Waals surface area contributed by atoms with Crippen molar-refractivity contribution >= 4 is 23.6 Å². The summed E-state index contributed by atoms with van der Waals surface area (Å²) in [6, 6.07) is 19.1. The second-order valence-corrected chi connectivity index (χ2v) is 6.57. The van der Waals surface area contributed by atoms with Crippen molar-refractivity contribution in [1.29, 1.82) is 0 Å². The molecule has 2 aromatic carbocycles. The fraction of sp³-hybridized carbons (Fsp3) is 0.100. The van der Waals surface area contributed by atoms with Gasteiger partial charge < -0.3 is 10.6 Å². The van der Waals surface area contributed by atoms with E-state index in [1.165, 1.54) is 10.9 Å². The van der Waals surface area contributed by atoms with E-state index in [1.807, 2.05) is 72.6 Å². The van der Waals surface area contributed by atoms with Crippen LogP contribution in [0, 0.1) is 0 Å². The summed E-state index contributed by atoms with van der Waals surface area (Å²) in [5.74, 6) is -0.344. The predicted octanol–water partition coefficient (Wildman–Crippen LogP) is 1.63. The van der Waals surface area contributed by atoms with Crippen LogP contribution in [0.3, 0.4) is 0 Å². The highest BCUT2D eigenvalue weighted by Gasteiger charge is 2.25. The lowest BCUT2D eigenvalue weighted by Gasteiger charge is -2.19. The summed E-state index contributed by atoms with van der Waals surface area (Å²) in [6.45, 7) is 0.286. The summed E-state index contributed by atoms with van der Waals surface area (Å²) in [7, 11) is 1.88. The fourth-order valence-corrected chi connectivity index (χ4v) is 2.88. The molecule has 0 bridgehead atoms. The molecule has 0 aliphatic carbocycles. The van der Waals surface area contributed by atoms with Crippen molar-refractivity contribution in [3.05, 3.63) is 77.6 Å². The monoisotopic (exact) mass is 417 g/mol. The van der Waals surface area contributed by atoms with E-state index < -0.39 is 5.91 Å². The fourth-order valence-electron chi connectivity index (χ4n) is 2.88. The molecule has 0 unspecified atom stereocenters. The molecule has 4 rings (SSSR count). The molecule has 0 spiro atoms. The minimum atomic E-state index is -0.523. The number of hydrogen-bond donors (Lipinski definition) is 2. The molecule has 4 aromatic rings. The molecule has 0 atom stereocenters. The van der Waals surface area contributed by atoms with Gasteiger partial charge in [-0.1, -0.05) is 53.7 Å². The highest BCUT2D eigenvalue weighted by molar-refractivity contribution is 5.94. The van der Waals surface area contributed by atoms with Crippen LogP contribution in [0.5, 0.6) is 0 Å². The van der Waals surface area contributed by atoms with Crippen LogP contribution < -0.4 is 16.1 Å². The van der Waals surface area contributed by atoms with Crippen LogP contribution in [0.15, 0.2) is 70.4 Å². The number of para-hydroxylation sites is 1. The highest BCUT2D eigenvalue weighted by Crippen LogP contribution is 2.20. The van der Waals surface area contributed by atoms with Crippen LogP contribution in [0.2, 0.25) is 0 Å². The van der Waals surface area contributed by atoms with Crippen molar-refractivity contribution in [3.63, 3.8) is 0 Å². The summed E-state index contributed by atoms with van der Waals surface area (Å²) in [4.78, 5) is 14.7. The van der Waals surface area contributed by atoms with Gasteiger partial charge in [0.15, 0.2) is 5.69 Å². The molecule has 0 aliphatic heterocycles. The first-order chi connectivity index (χ1) is 15.1. The zero-order chi connectivity index (χ0) is 21.6. The van der Waals surface area contributed by atoms with Crippen LogP contribution in [0.25, 0.3) is 5.82 Å². The van der Waals surface area contributed by atoms with Gasteiger partial charge in [-0.3, -0.25) is 4.79 Å². The van der Waals surface area contributed by atoms with E-state index in [0.717, 1.165) is 11.3 Å². The molecule has 0 saturated carbocycles. The SMILES string of the molecule is CN(Cc1c(C(=O)N/N=C\c2ccccc2)nnn1-c1nonc1N)c1ccccc1. The minimum Gasteiger partial charge on any atom is -0.378 e. The Morgan fingerprint density at radius 1 is 1.16 bits per heavy atom. The Hall–Kier alpha value is -4.54. The molecule has 1 amide bonds. The zero-order valence-electron chi connectivity index (χ0n) is 16.6. The van der Waals surface area contributed by atoms with E-state index in [-0.39, 0.29) is 23.9 Å². The molecule has 0 fully saturated rings.